The minimum atomic E-state index is -5.15. The highest BCUT2D eigenvalue weighted by Gasteiger charge is 2.35. The zero-order valence-electron chi connectivity index (χ0n) is 17.9. The molecule has 3 aromatic rings. The Morgan fingerprint density at radius 1 is 1.12 bits per heavy atom. The number of ether oxygens (including phenoxy) is 2. The van der Waals surface area contributed by atoms with Crippen molar-refractivity contribution < 1.29 is 31.1 Å². The Labute approximate surface area is 199 Å². The third-order valence-electron chi connectivity index (χ3n) is 5.17. The van der Waals surface area contributed by atoms with Crippen molar-refractivity contribution in [1.29, 1.82) is 0 Å². The molecule has 0 atom stereocenters. The molecule has 0 aliphatic rings. The summed E-state index contributed by atoms with van der Waals surface area (Å²) in [5.41, 5.74) is 2.33. The molecule has 0 spiro atoms. The van der Waals surface area contributed by atoms with E-state index >= 15 is 0 Å². The Kier molecular flexibility index (Phi) is 7.40. The molecule has 0 fully saturated rings. The van der Waals surface area contributed by atoms with Gasteiger partial charge in [0.05, 0.1) is 16.9 Å². The first-order valence-corrected chi connectivity index (χ1v) is 12.6. The fraction of sp³-hybridized carbons (Fsp3) is 0.381. The fourth-order valence-corrected chi connectivity index (χ4v) is 4.92. The molecule has 0 aliphatic carbocycles. The average molecular weight is 525 g/mol. The van der Waals surface area contributed by atoms with Gasteiger partial charge in [-0.15, -0.1) is 13.2 Å². The molecule has 1 heterocycles. The van der Waals surface area contributed by atoms with Crippen LogP contribution in [-0.2, 0) is 16.6 Å². The predicted molar refractivity (Wildman–Crippen MR) is 120 cm³/mol. The van der Waals surface area contributed by atoms with E-state index in [1.807, 2.05) is 6.07 Å². The average Bonchev–Trinajstić information content (AvgIpc) is 3.14. The lowest BCUT2D eigenvalue weighted by molar-refractivity contribution is -0.275. The van der Waals surface area contributed by atoms with Crippen molar-refractivity contribution in [3.63, 3.8) is 0 Å². The molecule has 180 valence electrons. The molecule has 0 unspecified atom stereocenters. The number of sulfone groups is 1. The maximum Gasteiger partial charge on any atom is 0.573 e. The molecule has 33 heavy (non-hydrogen) atoms. The van der Waals surface area contributed by atoms with Gasteiger partial charge in [0.1, 0.15) is 21.2 Å². The Morgan fingerprint density at radius 3 is 2.36 bits per heavy atom. The predicted octanol–water partition coefficient (Wildman–Crippen LogP) is 6.59. The van der Waals surface area contributed by atoms with Crippen LogP contribution in [0.2, 0.25) is 10.0 Å². The van der Waals surface area contributed by atoms with E-state index < -0.39 is 31.9 Å². The number of nitrogens with zero attached hydrogens (tertiary/aromatic N) is 2. The van der Waals surface area contributed by atoms with Gasteiger partial charge in [0.15, 0.2) is 22.3 Å². The maximum atomic E-state index is 12.9. The Morgan fingerprint density at radius 2 is 1.79 bits per heavy atom. The third-order valence-corrected chi connectivity index (χ3v) is 6.96. The van der Waals surface area contributed by atoms with Crippen molar-refractivity contribution in [1.82, 2.24) is 9.55 Å². The summed E-state index contributed by atoms with van der Waals surface area (Å²) in [6.45, 7) is 3.97. The molecule has 0 amide bonds. The summed E-state index contributed by atoms with van der Waals surface area (Å²) in [5.74, 6) is -0.985. The second-order valence-corrected chi connectivity index (χ2v) is 10.1. The van der Waals surface area contributed by atoms with Crippen LogP contribution in [0, 0.1) is 0 Å². The highest BCUT2D eigenvalue weighted by Crippen LogP contribution is 2.42. The molecule has 2 aromatic carbocycles. The minimum Gasteiger partial charge on any atom is -0.471 e. The van der Waals surface area contributed by atoms with Crippen molar-refractivity contribution in [2.45, 2.75) is 50.6 Å². The van der Waals surface area contributed by atoms with E-state index in [9.17, 15) is 21.6 Å². The topological polar surface area (TPSA) is 70.4 Å². The molecule has 0 saturated heterocycles. The van der Waals surface area contributed by atoms with E-state index in [0.29, 0.717) is 10.5 Å². The standard InChI is InChI=1S/C21H21Cl2F3N2O4S/c1-4-12(5-2)13-6-7-14(22)18-19(13)28(10-27-18)11-31-15-8-9-16(33(3,29)30)20(17(15)23)32-21(24,25)26/h6-10,12H,4-5,11H2,1-3H3. The smallest absolute Gasteiger partial charge is 0.471 e. The summed E-state index contributed by atoms with van der Waals surface area (Å²) in [5, 5.41) is -0.159. The molecule has 0 aliphatic heterocycles. The van der Waals surface area contributed by atoms with Gasteiger partial charge in [0.25, 0.3) is 0 Å². The Bertz CT molecular complexity index is 1270. The quantitative estimate of drug-likeness (QED) is 0.332. The van der Waals surface area contributed by atoms with Crippen molar-refractivity contribution >= 4 is 44.1 Å². The molecule has 0 saturated carbocycles. The lowest BCUT2D eigenvalue weighted by atomic mass is 9.93. The number of fused-ring (bicyclic) bond motifs is 1. The van der Waals surface area contributed by atoms with Crippen LogP contribution in [0.4, 0.5) is 13.2 Å². The van der Waals surface area contributed by atoms with Crippen LogP contribution < -0.4 is 9.47 Å². The third kappa shape index (κ3) is 5.50. The van der Waals surface area contributed by atoms with E-state index in [-0.39, 0.29) is 18.4 Å². The number of hydrogen-bond donors (Lipinski definition) is 0. The summed E-state index contributed by atoms with van der Waals surface area (Å²) in [7, 11) is -4.05. The lowest BCUT2D eigenvalue weighted by Crippen LogP contribution is -2.19. The molecular formula is C21H21Cl2F3N2O4S. The molecule has 12 heteroatoms. The van der Waals surface area contributed by atoms with Crippen molar-refractivity contribution in [3.05, 3.63) is 46.2 Å². The molecule has 3 rings (SSSR count). The molecule has 1 aromatic heterocycles. The first-order valence-electron chi connectivity index (χ1n) is 9.91. The highest BCUT2D eigenvalue weighted by atomic mass is 35.5. The van der Waals surface area contributed by atoms with Crippen LogP contribution in [0.1, 0.15) is 38.2 Å². The van der Waals surface area contributed by atoms with Crippen LogP contribution >= 0.6 is 23.2 Å². The highest BCUT2D eigenvalue weighted by molar-refractivity contribution is 7.90. The summed E-state index contributed by atoms with van der Waals surface area (Å²) < 4.78 is 73.7. The zero-order chi connectivity index (χ0) is 24.6. The first-order chi connectivity index (χ1) is 15.4. The second-order valence-electron chi connectivity index (χ2n) is 7.36. The first kappa shape index (κ1) is 25.5. The van der Waals surface area contributed by atoms with Crippen molar-refractivity contribution in [2.75, 3.05) is 6.26 Å². The number of aromatic nitrogens is 2. The van der Waals surface area contributed by atoms with Gasteiger partial charge in [-0.05, 0) is 42.5 Å². The fourth-order valence-electron chi connectivity index (χ4n) is 3.61. The molecule has 6 nitrogen and oxygen atoms in total. The largest absolute Gasteiger partial charge is 0.573 e. The summed E-state index contributed by atoms with van der Waals surface area (Å²) in [4.78, 5) is 3.64. The van der Waals surface area contributed by atoms with Crippen LogP contribution in [0.25, 0.3) is 11.0 Å². The Hall–Kier alpha value is -2.17. The van der Waals surface area contributed by atoms with Gasteiger partial charge in [-0.2, -0.15) is 0 Å². The van der Waals surface area contributed by atoms with E-state index in [4.69, 9.17) is 27.9 Å². The summed E-state index contributed by atoms with van der Waals surface area (Å²) >= 11 is 12.4. The van der Waals surface area contributed by atoms with Gasteiger partial charge in [0.2, 0.25) is 0 Å². The summed E-state index contributed by atoms with van der Waals surface area (Å²) in [6.07, 6.45) is -1.12. The number of halogens is 5. The van der Waals surface area contributed by atoms with Gasteiger partial charge < -0.3 is 9.47 Å². The monoisotopic (exact) mass is 524 g/mol. The minimum absolute atomic E-state index is 0.159. The van der Waals surface area contributed by atoms with Gasteiger partial charge in [-0.25, -0.2) is 13.4 Å². The molecular weight excluding hydrogens is 504 g/mol. The van der Waals surface area contributed by atoms with Gasteiger partial charge in [-0.3, -0.25) is 4.57 Å². The van der Waals surface area contributed by atoms with E-state index in [2.05, 4.69) is 23.6 Å². The second kappa shape index (κ2) is 9.60. The van der Waals surface area contributed by atoms with Crippen molar-refractivity contribution in [2.24, 2.45) is 0 Å². The molecule has 0 bridgehead atoms. The zero-order valence-corrected chi connectivity index (χ0v) is 20.2. The van der Waals surface area contributed by atoms with Crippen LogP contribution in [-0.4, -0.2) is 30.6 Å². The number of imidazole rings is 1. The molecule has 0 N–H and O–H groups in total. The van der Waals surface area contributed by atoms with Crippen molar-refractivity contribution in [3.8, 4) is 11.5 Å². The van der Waals surface area contributed by atoms with Crippen LogP contribution in [0.15, 0.2) is 35.5 Å². The van der Waals surface area contributed by atoms with Gasteiger partial charge >= 0.3 is 6.36 Å². The van der Waals surface area contributed by atoms with E-state index in [1.165, 1.54) is 12.4 Å². The lowest BCUT2D eigenvalue weighted by Gasteiger charge is -2.18. The van der Waals surface area contributed by atoms with Crippen LogP contribution in [0.5, 0.6) is 11.5 Å². The van der Waals surface area contributed by atoms with Crippen LogP contribution in [0.3, 0.4) is 0 Å². The number of hydrogen-bond acceptors (Lipinski definition) is 5. The van der Waals surface area contributed by atoms with E-state index in [0.717, 1.165) is 36.2 Å². The van der Waals surface area contributed by atoms with Gasteiger partial charge in [-0.1, -0.05) is 43.1 Å². The normalized spacial score (nSPS) is 12.5. The summed E-state index contributed by atoms with van der Waals surface area (Å²) in [6, 6.07) is 5.83. The number of rotatable bonds is 8. The van der Waals surface area contributed by atoms with E-state index in [1.54, 1.807) is 10.6 Å². The molecule has 0 radical (unpaired) electrons. The maximum absolute atomic E-state index is 12.9. The van der Waals surface area contributed by atoms with Gasteiger partial charge in [0, 0.05) is 6.26 Å². The number of alkyl halides is 3. The number of benzene rings is 2. The Balaban J connectivity index is 2.02. The SMILES string of the molecule is CCC(CC)c1ccc(Cl)c2ncn(COc3ccc(S(C)(=O)=O)c(OC(F)(F)F)c3Cl)c12.